The lowest BCUT2D eigenvalue weighted by Gasteiger charge is -2.07. The van der Waals surface area contributed by atoms with Crippen molar-refractivity contribution < 1.29 is 25.4 Å². The van der Waals surface area contributed by atoms with E-state index in [0.29, 0.717) is 0 Å². The summed E-state index contributed by atoms with van der Waals surface area (Å²) in [5, 5.41) is -2.75. The molecule has 0 radical (unpaired) electrons. The standard InChI is InChI=1S/C22H8Cl4N2O10S2/c23-9-1-3-15(25)17(5-9)39(33,34)37-27-19(29)11-7-13-14(8-12(11)20(27)30)22(32)28(21(13)31)38-40(35,36)18-6-10(24)2-4-16(18)26/h1-8H. The third kappa shape index (κ3) is 4.56. The molecule has 12 nitrogen and oxygen atoms in total. The van der Waals surface area contributed by atoms with Crippen molar-refractivity contribution in [3.05, 3.63) is 110 Å². The van der Waals surface area contributed by atoms with Crippen molar-refractivity contribution in [1.82, 2.24) is 9.46 Å². The molecule has 0 aliphatic rings. The van der Waals surface area contributed by atoms with Gasteiger partial charge in [0.15, 0.2) is 0 Å². The molecule has 2 heterocycles. The molecule has 0 aliphatic carbocycles. The van der Waals surface area contributed by atoms with Gasteiger partial charge < -0.3 is 0 Å². The van der Waals surface area contributed by atoms with Crippen molar-refractivity contribution in [3.8, 4) is 0 Å². The summed E-state index contributed by atoms with van der Waals surface area (Å²) >= 11 is 23.4. The fraction of sp³-hybridized carbons (Fsp3) is 0. The molecule has 5 aromatic rings. The summed E-state index contributed by atoms with van der Waals surface area (Å²) in [7, 11) is -9.71. The summed E-state index contributed by atoms with van der Waals surface area (Å²) in [6.07, 6.45) is 0. The van der Waals surface area contributed by atoms with E-state index >= 15 is 0 Å². The lowest BCUT2D eigenvalue weighted by molar-refractivity contribution is 0.263. The van der Waals surface area contributed by atoms with E-state index in [-0.39, 0.29) is 29.6 Å². The second-order valence-electron chi connectivity index (χ2n) is 7.96. The van der Waals surface area contributed by atoms with Crippen LogP contribution in [0.5, 0.6) is 0 Å². The molecule has 0 fully saturated rings. The zero-order chi connectivity index (χ0) is 29.3. The van der Waals surface area contributed by atoms with Crippen LogP contribution in [0.3, 0.4) is 0 Å². The fourth-order valence-corrected chi connectivity index (χ4v) is 6.93. The Hall–Kier alpha value is -3.40. The average Bonchev–Trinajstić information content (AvgIpc) is 3.25. The van der Waals surface area contributed by atoms with Crippen molar-refractivity contribution in [1.29, 1.82) is 0 Å². The number of halogens is 4. The summed E-state index contributed by atoms with van der Waals surface area (Å²) in [5.41, 5.74) is -5.21. The Bertz CT molecular complexity index is 2100. The van der Waals surface area contributed by atoms with Crippen molar-refractivity contribution in [2.75, 3.05) is 0 Å². The molecule has 0 amide bonds. The number of hydrogen-bond acceptors (Lipinski definition) is 10. The van der Waals surface area contributed by atoms with Crippen LogP contribution in [-0.4, -0.2) is 26.3 Å². The van der Waals surface area contributed by atoms with Crippen molar-refractivity contribution in [3.63, 3.8) is 0 Å². The summed E-state index contributed by atoms with van der Waals surface area (Å²) in [4.78, 5) is 50.4. The van der Waals surface area contributed by atoms with Gasteiger partial charge >= 0.3 is 20.2 Å². The van der Waals surface area contributed by atoms with Crippen LogP contribution in [0, 0.1) is 0 Å². The highest BCUT2D eigenvalue weighted by Crippen LogP contribution is 2.26. The van der Waals surface area contributed by atoms with E-state index in [2.05, 4.69) is 0 Å². The van der Waals surface area contributed by atoms with Gasteiger partial charge in [0.25, 0.3) is 22.2 Å². The molecule has 0 saturated heterocycles. The molecule has 40 heavy (non-hydrogen) atoms. The van der Waals surface area contributed by atoms with E-state index in [1.165, 1.54) is 12.1 Å². The topological polar surface area (TPSA) is 165 Å². The van der Waals surface area contributed by atoms with Gasteiger partial charge in [-0.15, -0.1) is 0 Å². The molecule has 3 aromatic carbocycles. The minimum atomic E-state index is -4.86. The molecule has 18 heteroatoms. The van der Waals surface area contributed by atoms with Crippen LogP contribution in [0.1, 0.15) is 0 Å². The maximum atomic E-state index is 12.9. The number of rotatable bonds is 6. The van der Waals surface area contributed by atoms with Gasteiger partial charge in [-0.1, -0.05) is 55.9 Å². The van der Waals surface area contributed by atoms with Crippen LogP contribution in [0.4, 0.5) is 0 Å². The minimum absolute atomic E-state index is 0.0335. The first-order valence-corrected chi connectivity index (χ1v) is 14.7. The lowest BCUT2D eigenvalue weighted by atomic mass is 10.1. The van der Waals surface area contributed by atoms with Gasteiger partial charge in [0.2, 0.25) is 0 Å². The van der Waals surface area contributed by atoms with Crippen molar-refractivity contribution in [2.24, 2.45) is 0 Å². The van der Waals surface area contributed by atoms with Gasteiger partial charge in [-0.05, 0) is 48.5 Å². The first kappa shape index (κ1) is 28.1. The molecule has 0 spiro atoms. The molecule has 0 unspecified atom stereocenters. The van der Waals surface area contributed by atoms with E-state index in [0.717, 1.165) is 36.4 Å². The van der Waals surface area contributed by atoms with Crippen LogP contribution in [-0.2, 0) is 20.2 Å². The molecular weight excluding hydrogens is 658 g/mol. The lowest BCUT2D eigenvalue weighted by Crippen LogP contribution is -2.36. The Balaban J connectivity index is 1.64. The first-order chi connectivity index (χ1) is 18.6. The van der Waals surface area contributed by atoms with E-state index in [4.69, 9.17) is 55.0 Å². The summed E-state index contributed by atoms with van der Waals surface area (Å²) in [5.74, 6) is 0. The molecule has 0 bridgehead atoms. The third-order valence-corrected chi connectivity index (χ3v) is 9.28. The van der Waals surface area contributed by atoms with E-state index in [1.807, 2.05) is 0 Å². The van der Waals surface area contributed by atoms with Crippen LogP contribution < -0.4 is 30.8 Å². The summed E-state index contributed by atoms with van der Waals surface area (Å²) in [6, 6.07) is 8.36. The number of hydrogen-bond donors (Lipinski definition) is 0. The number of aromatic nitrogens is 2. The van der Waals surface area contributed by atoms with Crippen LogP contribution in [0.25, 0.3) is 21.5 Å². The van der Waals surface area contributed by atoms with Gasteiger partial charge in [-0.3, -0.25) is 27.7 Å². The second kappa shape index (κ2) is 9.61. The van der Waals surface area contributed by atoms with Gasteiger partial charge in [0, 0.05) is 10.0 Å². The van der Waals surface area contributed by atoms with E-state index < -0.39 is 73.8 Å². The Kier molecular flexibility index (Phi) is 6.76. The number of benzene rings is 3. The maximum Gasteiger partial charge on any atom is 0.358 e. The molecular formula is C22H8Cl4N2O10S2. The Morgan fingerprint density at radius 1 is 0.500 bits per heavy atom. The van der Waals surface area contributed by atoms with E-state index in [1.54, 1.807) is 0 Å². The highest BCUT2D eigenvalue weighted by Gasteiger charge is 2.28. The zero-order valence-corrected chi connectivity index (χ0v) is 23.6. The maximum absolute atomic E-state index is 12.9. The summed E-state index contributed by atoms with van der Waals surface area (Å²) < 4.78 is 60.2. The number of fused-ring (bicyclic) bond motifs is 2. The third-order valence-electron chi connectivity index (χ3n) is 5.49. The Morgan fingerprint density at radius 2 is 0.800 bits per heavy atom. The average molecular weight is 666 g/mol. The van der Waals surface area contributed by atoms with Gasteiger partial charge in [0.05, 0.1) is 31.6 Å². The molecule has 2 aromatic heterocycles. The normalized spacial score (nSPS) is 12.3. The SMILES string of the molecule is O=c1c2cc3c(=O)n(OS(=O)(=O)c4cc(Cl)ccc4Cl)c(=O)c3cc2c(=O)n1OS(=O)(=O)c1cc(Cl)ccc1Cl. The number of nitrogens with zero attached hydrogens (tertiary/aromatic N) is 2. The quantitative estimate of drug-likeness (QED) is 0.262. The van der Waals surface area contributed by atoms with Gasteiger partial charge in [0.1, 0.15) is 9.79 Å². The fourth-order valence-electron chi connectivity index (χ4n) is 3.68. The molecule has 0 N–H and O–H groups in total. The molecule has 0 saturated carbocycles. The van der Waals surface area contributed by atoms with Crippen LogP contribution in [0.15, 0.2) is 77.5 Å². The largest absolute Gasteiger partial charge is 0.358 e. The Labute approximate surface area is 241 Å². The summed E-state index contributed by atoms with van der Waals surface area (Å²) in [6.45, 7) is 0. The predicted octanol–water partition coefficient (Wildman–Crippen LogP) is 2.16. The van der Waals surface area contributed by atoms with Crippen LogP contribution >= 0.6 is 46.4 Å². The minimum Gasteiger partial charge on any atom is -0.277 e. The highest BCUT2D eigenvalue weighted by atomic mass is 35.5. The van der Waals surface area contributed by atoms with E-state index in [9.17, 15) is 36.0 Å². The molecule has 0 aliphatic heterocycles. The van der Waals surface area contributed by atoms with Crippen LogP contribution in [0.2, 0.25) is 20.1 Å². The predicted molar refractivity (Wildman–Crippen MR) is 145 cm³/mol. The van der Waals surface area contributed by atoms with Gasteiger partial charge in [-0.2, -0.15) is 16.8 Å². The second-order valence-corrected chi connectivity index (χ2v) is 12.6. The monoisotopic (exact) mass is 664 g/mol. The molecule has 5 rings (SSSR count). The molecule has 0 atom stereocenters. The first-order valence-electron chi connectivity index (χ1n) is 10.4. The van der Waals surface area contributed by atoms with Gasteiger partial charge in [-0.25, -0.2) is 0 Å². The highest BCUT2D eigenvalue weighted by molar-refractivity contribution is 7.87. The molecule has 206 valence electrons. The Morgan fingerprint density at radius 3 is 1.10 bits per heavy atom. The van der Waals surface area contributed by atoms with Crippen molar-refractivity contribution >= 4 is 88.2 Å². The van der Waals surface area contributed by atoms with Crippen molar-refractivity contribution in [2.45, 2.75) is 9.79 Å². The smallest absolute Gasteiger partial charge is 0.277 e. The zero-order valence-electron chi connectivity index (χ0n) is 18.9.